The maximum absolute atomic E-state index is 11.6. The highest BCUT2D eigenvalue weighted by Gasteiger charge is 2.28. The Labute approximate surface area is 118 Å². The van der Waals surface area contributed by atoms with Gasteiger partial charge in [0.15, 0.2) is 0 Å². The molecule has 5 heteroatoms. The lowest BCUT2D eigenvalue weighted by molar-refractivity contribution is -0.112. The van der Waals surface area contributed by atoms with E-state index in [1.54, 1.807) is 39.8 Å². The molecule has 2 N–H and O–H groups in total. The van der Waals surface area contributed by atoms with Crippen LogP contribution in [0, 0.1) is 0 Å². The lowest BCUT2D eigenvalue weighted by Crippen LogP contribution is -2.42. The molecule has 0 aliphatic rings. The molecule has 0 heterocycles. The van der Waals surface area contributed by atoms with Crippen molar-refractivity contribution in [3.05, 3.63) is 29.8 Å². The zero-order valence-corrected chi connectivity index (χ0v) is 12.3. The van der Waals surface area contributed by atoms with Crippen LogP contribution >= 0.6 is 0 Å². The van der Waals surface area contributed by atoms with Crippen LogP contribution in [0.5, 0.6) is 5.75 Å². The number of aldehydes is 1. The van der Waals surface area contributed by atoms with Crippen molar-refractivity contribution < 1.29 is 19.4 Å². The fourth-order valence-electron chi connectivity index (χ4n) is 1.64. The van der Waals surface area contributed by atoms with Crippen LogP contribution in [0.2, 0.25) is 0 Å². The standard InChI is InChI=1S/C15H21NO4/c1-14(2,3)20-13(19)16-9-15(4,10-17)11-6-5-7-12(18)8-11/h5-8,10,18H,9H2,1-4H3,(H,16,19). The Morgan fingerprint density at radius 3 is 2.50 bits per heavy atom. The van der Waals surface area contributed by atoms with Crippen molar-refractivity contribution in [1.29, 1.82) is 0 Å². The van der Waals surface area contributed by atoms with E-state index in [0.29, 0.717) is 5.56 Å². The molecule has 20 heavy (non-hydrogen) atoms. The normalized spacial score (nSPS) is 14.2. The van der Waals surface area contributed by atoms with Gasteiger partial charge in [0, 0.05) is 6.54 Å². The summed E-state index contributed by atoms with van der Waals surface area (Å²) < 4.78 is 5.12. The number of carbonyl (C=O) groups excluding carboxylic acids is 2. The average molecular weight is 279 g/mol. The summed E-state index contributed by atoms with van der Waals surface area (Å²) >= 11 is 0. The average Bonchev–Trinajstić information content (AvgIpc) is 2.34. The lowest BCUT2D eigenvalue weighted by Gasteiger charge is -2.26. The number of carbonyl (C=O) groups is 2. The minimum absolute atomic E-state index is 0.0767. The predicted molar refractivity (Wildman–Crippen MR) is 75.8 cm³/mol. The molecular weight excluding hydrogens is 258 g/mol. The first kappa shape index (κ1) is 16.0. The van der Waals surface area contributed by atoms with Crippen molar-refractivity contribution in [2.75, 3.05) is 6.54 Å². The molecule has 0 fully saturated rings. The van der Waals surface area contributed by atoms with E-state index in [-0.39, 0.29) is 12.3 Å². The molecule has 0 spiro atoms. The number of amides is 1. The van der Waals surface area contributed by atoms with E-state index in [1.807, 2.05) is 0 Å². The molecule has 0 saturated heterocycles. The zero-order chi connectivity index (χ0) is 15.4. The monoisotopic (exact) mass is 279 g/mol. The van der Waals surface area contributed by atoms with Gasteiger partial charge in [-0.2, -0.15) is 0 Å². The molecule has 0 saturated carbocycles. The van der Waals surface area contributed by atoms with E-state index in [9.17, 15) is 14.7 Å². The van der Waals surface area contributed by atoms with Gasteiger partial charge in [-0.15, -0.1) is 0 Å². The molecule has 110 valence electrons. The topological polar surface area (TPSA) is 75.6 Å². The summed E-state index contributed by atoms with van der Waals surface area (Å²) in [5.74, 6) is 0.0767. The Balaban J connectivity index is 2.76. The fourth-order valence-corrected chi connectivity index (χ4v) is 1.64. The molecule has 1 amide bonds. The van der Waals surface area contributed by atoms with Gasteiger partial charge in [0.25, 0.3) is 0 Å². The fraction of sp³-hybridized carbons (Fsp3) is 0.467. The molecule has 0 aliphatic heterocycles. The first-order chi connectivity index (χ1) is 9.16. The van der Waals surface area contributed by atoms with Gasteiger partial charge in [0.05, 0.1) is 5.41 Å². The highest BCUT2D eigenvalue weighted by Crippen LogP contribution is 2.24. The van der Waals surface area contributed by atoms with E-state index in [0.717, 1.165) is 6.29 Å². The van der Waals surface area contributed by atoms with Crippen LogP contribution in [0.25, 0.3) is 0 Å². The van der Waals surface area contributed by atoms with Gasteiger partial charge < -0.3 is 20.0 Å². The third-order valence-corrected chi connectivity index (χ3v) is 2.76. The van der Waals surface area contributed by atoms with Gasteiger partial charge in [0.2, 0.25) is 0 Å². The highest BCUT2D eigenvalue weighted by molar-refractivity contribution is 5.72. The number of hydrogen-bond donors (Lipinski definition) is 2. The summed E-state index contributed by atoms with van der Waals surface area (Å²) in [6.45, 7) is 7.07. The van der Waals surface area contributed by atoms with E-state index in [1.165, 1.54) is 12.1 Å². The van der Waals surface area contributed by atoms with Crippen LogP contribution in [0.15, 0.2) is 24.3 Å². The molecule has 1 unspecified atom stereocenters. The Morgan fingerprint density at radius 1 is 1.35 bits per heavy atom. The third-order valence-electron chi connectivity index (χ3n) is 2.76. The molecule has 5 nitrogen and oxygen atoms in total. The van der Waals surface area contributed by atoms with Crippen molar-refractivity contribution in [2.45, 2.75) is 38.7 Å². The number of rotatable bonds is 4. The number of ether oxygens (including phenoxy) is 1. The highest BCUT2D eigenvalue weighted by atomic mass is 16.6. The van der Waals surface area contributed by atoms with Crippen molar-refractivity contribution in [3.63, 3.8) is 0 Å². The molecule has 1 aromatic rings. The smallest absolute Gasteiger partial charge is 0.407 e. The minimum Gasteiger partial charge on any atom is -0.508 e. The number of nitrogens with one attached hydrogen (secondary N) is 1. The first-order valence-corrected chi connectivity index (χ1v) is 6.39. The van der Waals surface area contributed by atoms with E-state index >= 15 is 0 Å². The molecule has 0 aliphatic carbocycles. The number of hydrogen-bond acceptors (Lipinski definition) is 4. The molecule has 0 bridgehead atoms. The second-order valence-corrected chi connectivity index (χ2v) is 5.94. The van der Waals surface area contributed by atoms with Crippen LogP contribution in [0.4, 0.5) is 4.79 Å². The molecule has 1 aromatic carbocycles. The molecule has 0 radical (unpaired) electrons. The van der Waals surface area contributed by atoms with Gasteiger partial charge in [-0.1, -0.05) is 12.1 Å². The minimum atomic E-state index is -0.921. The summed E-state index contributed by atoms with van der Waals surface area (Å²) in [6, 6.07) is 6.41. The van der Waals surface area contributed by atoms with Crippen molar-refractivity contribution in [3.8, 4) is 5.75 Å². The number of phenolic OH excluding ortho intramolecular Hbond substituents is 1. The number of phenols is 1. The summed E-state index contributed by atoms with van der Waals surface area (Å²) in [7, 11) is 0. The molecule has 1 rings (SSSR count). The maximum Gasteiger partial charge on any atom is 0.407 e. The second-order valence-electron chi connectivity index (χ2n) is 5.94. The van der Waals surface area contributed by atoms with Crippen LogP contribution in [-0.2, 0) is 14.9 Å². The number of benzene rings is 1. The Kier molecular flexibility index (Phi) is 4.76. The lowest BCUT2D eigenvalue weighted by atomic mass is 9.84. The summed E-state index contributed by atoms with van der Waals surface area (Å²) in [4.78, 5) is 23.0. The second kappa shape index (κ2) is 5.94. The van der Waals surface area contributed by atoms with Crippen molar-refractivity contribution in [2.24, 2.45) is 0 Å². The summed E-state index contributed by atoms with van der Waals surface area (Å²) in [6.07, 6.45) is 0.171. The van der Waals surface area contributed by atoms with Gasteiger partial charge in [0.1, 0.15) is 17.6 Å². The Morgan fingerprint density at radius 2 is 2.00 bits per heavy atom. The largest absolute Gasteiger partial charge is 0.508 e. The Hall–Kier alpha value is -2.04. The first-order valence-electron chi connectivity index (χ1n) is 6.39. The molecule has 1 atom stereocenters. The SMILES string of the molecule is CC(C)(C)OC(=O)NCC(C)(C=O)c1cccc(O)c1. The van der Waals surface area contributed by atoms with Gasteiger partial charge >= 0.3 is 6.09 Å². The van der Waals surface area contributed by atoms with Crippen LogP contribution in [0.1, 0.15) is 33.3 Å². The van der Waals surface area contributed by atoms with Crippen LogP contribution < -0.4 is 5.32 Å². The van der Waals surface area contributed by atoms with Gasteiger partial charge in [-0.05, 0) is 45.4 Å². The van der Waals surface area contributed by atoms with E-state index in [2.05, 4.69) is 5.32 Å². The van der Waals surface area contributed by atoms with Gasteiger partial charge in [-0.25, -0.2) is 4.79 Å². The van der Waals surface area contributed by atoms with Crippen molar-refractivity contribution >= 4 is 12.4 Å². The Bertz CT molecular complexity index is 493. The summed E-state index contributed by atoms with van der Waals surface area (Å²) in [5.41, 5.74) is -0.883. The van der Waals surface area contributed by atoms with Crippen LogP contribution in [-0.4, -0.2) is 29.6 Å². The van der Waals surface area contributed by atoms with E-state index in [4.69, 9.17) is 4.74 Å². The quantitative estimate of drug-likeness (QED) is 0.830. The van der Waals surface area contributed by atoms with Crippen LogP contribution in [0.3, 0.4) is 0 Å². The van der Waals surface area contributed by atoms with Gasteiger partial charge in [-0.3, -0.25) is 0 Å². The summed E-state index contributed by atoms with van der Waals surface area (Å²) in [5, 5.41) is 12.0. The van der Waals surface area contributed by atoms with E-state index < -0.39 is 17.1 Å². The molecular formula is C15H21NO4. The van der Waals surface area contributed by atoms with Crippen molar-refractivity contribution in [1.82, 2.24) is 5.32 Å². The number of alkyl carbamates (subject to hydrolysis) is 1. The predicted octanol–water partition coefficient (Wildman–Crippen LogP) is 2.37. The molecule has 0 aromatic heterocycles. The number of aromatic hydroxyl groups is 1. The zero-order valence-electron chi connectivity index (χ0n) is 12.3. The maximum atomic E-state index is 11.6. The third kappa shape index (κ3) is 4.57.